The van der Waals surface area contributed by atoms with E-state index >= 15 is 0 Å². The highest BCUT2D eigenvalue weighted by atomic mass is 79.9. The van der Waals surface area contributed by atoms with Crippen LogP contribution in [0.5, 0.6) is 5.75 Å². The van der Waals surface area contributed by atoms with Crippen molar-refractivity contribution in [3.63, 3.8) is 0 Å². The summed E-state index contributed by atoms with van der Waals surface area (Å²) in [6, 6.07) is 14.1. The van der Waals surface area contributed by atoms with Crippen LogP contribution in [-0.4, -0.2) is 35.9 Å². The average Bonchev–Trinajstić information content (AvgIpc) is 2.69. The van der Waals surface area contributed by atoms with Crippen molar-refractivity contribution < 1.29 is 14.3 Å². The summed E-state index contributed by atoms with van der Waals surface area (Å²) in [6.45, 7) is 6.43. The Kier molecular flexibility index (Phi) is 8.99. The molecule has 2 amide bonds. The van der Waals surface area contributed by atoms with E-state index in [-0.39, 0.29) is 18.4 Å². The lowest BCUT2D eigenvalue weighted by atomic mass is 10.1. The van der Waals surface area contributed by atoms with Gasteiger partial charge in [0.1, 0.15) is 11.8 Å². The van der Waals surface area contributed by atoms with Gasteiger partial charge in [0.15, 0.2) is 6.61 Å². The lowest BCUT2D eigenvalue weighted by Gasteiger charge is -2.29. The smallest absolute Gasteiger partial charge is 0.261 e. The first kappa shape index (κ1) is 23.2. The standard InChI is InChI=1S/C22H26BrClN2O3/c1-15(2)12-25-22(28)16(3)26(13-17-7-5-4-6-8-17)21(27)14-29-20-10-9-18(23)11-19(20)24/h4-11,15-16H,12-14H2,1-3H3,(H,25,28). The summed E-state index contributed by atoms with van der Waals surface area (Å²) in [5.41, 5.74) is 0.936. The van der Waals surface area contributed by atoms with E-state index in [2.05, 4.69) is 21.2 Å². The third-order valence-corrected chi connectivity index (χ3v) is 5.08. The van der Waals surface area contributed by atoms with Crippen LogP contribution in [0.4, 0.5) is 0 Å². The minimum absolute atomic E-state index is 0.190. The van der Waals surface area contributed by atoms with Crippen molar-refractivity contribution in [2.45, 2.75) is 33.4 Å². The fourth-order valence-corrected chi connectivity index (χ4v) is 3.36. The largest absolute Gasteiger partial charge is 0.482 e. The van der Waals surface area contributed by atoms with Crippen LogP contribution in [0.1, 0.15) is 26.3 Å². The summed E-state index contributed by atoms with van der Waals surface area (Å²) in [7, 11) is 0. The number of nitrogens with one attached hydrogen (secondary N) is 1. The molecule has 1 N–H and O–H groups in total. The second kappa shape index (κ2) is 11.2. The van der Waals surface area contributed by atoms with E-state index in [9.17, 15) is 9.59 Å². The zero-order valence-corrected chi connectivity index (χ0v) is 19.2. The van der Waals surface area contributed by atoms with Gasteiger partial charge in [-0.25, -0.2) is 0 Å². The molecule has 5 nitrogen and oxygen atoms in total. The topological polar surface area (TPSA) is 58.6 Å². The second-order valence-corrected chi connectivity index (χ2v) is 8.51. The maximum Gasteiger partial charge on any atom is 0.261 e. The number of nitrogens with zero attached hydrogens (tertiary/aromatic N) is 1. The molecule has 1 unspecified atom stereocenters. The van der Waals surface area contributed by atoms with Gasteiger partial charge in [-0.2, -0.15) is 0 Å². The first-order valence-electron chi connectivity index (χ1n) is 9.47. The number of carbonyl (C=O) groups excluding carboxylic acids is 2. The van der Waals surface area contributed by atoms with Crippen LogP contribution in [-0.2, 0) is 16.1 Å². The van der Waals surface area contributed by atoms with Gasteiger partial charge in [-0.05, 0) is 36.6 Å². The van der Waals surface area contributed by atoms with Crippen LogP contribution >= 0.6 is 27.5 Å². The maximum atomic E-state index is 13.0. The summed E-state index contributed by atoms with van der Waals surface area (Å²) in [6.07, 6.45) is 0. The number of benzene rings is 2. The van der Waals surface area contributed by atoms with Crippen molar-refractivity contribution in [2.24, 2.45) is 5.92 Å². The highest BCUT2D eigenvalue weighted by molar-refractivity contribution is 9.10. The molecule has 0 saturated heterocycles. The molecule has 0 heterocycles. The number of hydrogen-bond acceptors (Lipinski definition) is 3. The van der Waals surface area contributed by atoms with Gasteiger partial charge in [0.2, 0.25) is 5.91 Å². The molecule has 0 fully saturated rings. The van der Waals surface area contributed by atoms with Crippen LogP contribution in [0, 0.1) is 5.92 Å². The number of ether oxygens (including phenoxy) is 1. The molecule has 2 aromatic rings. The molecule has 0 aromatic heterocycles. The first-order chi connectivity index (χ1) is 13.8. The Labute approximate surface area is 185 Å². The molecule has 7 heteroatoms. The van der Waals surface area contributed by atoms with Gasteiger partial charge in [-0.3, -0.25) is 9.59 Å². The van der Waals surface area contributed by atoms with Gasteiger partial charge in [-0.15, -0.1) is 0 Å². The van der Waals surface area contributed by atoms with Gasteiger partial charge in [0.05, 0.1) is 5.02 Å². The van der Waals surface area contributed by atoms with E-state index < -0.39 is 6.04 Å². The van der Waals surface area contributed by atoms with Crippen molar-refractivity contribution in [3.8, 4) is 5.75 Å². The summed E-state index contributed by atoms with van der Waals surface area (Å²) in [5, 5.41) is 3.30. The minimum atomic E-state index is -0.634. The fourth-order valence-electron chi connectivity index (χ4n) is 2.63. The van der Waals surface area contributed by atoms with E-state index in [4.69, 9.17) is 16.3 Å². The van der Waals surface area contributed by atoms with Crippen molar-refractivity contribution in [1.29, 1.82) is 0 Å². The van der Waals surface area contributed by atoms with E-state index in [1.165, 1.54) is 4.90 Å². The van der Waals surface area contributed by atoms with E-state index in [0.29, 0.717) is 29.8 Å². The van der Waals surface area contributed by atoms with Gasteiger partial charge < -0.3 is 15.0 Å². The Balaban J connectivity index is 2.12. The molecular weight excluding hydrogens is 456 g/mol. The predicted octanol–water partition coefficient (Wildman–Crippen LogP) is 4.67. The molecule has 0 aliphatic rings. The summed E-state index contributed by atoms with van der Waals surface area (Å²) < 4.78 is 6.45. The van der Waals surface area contributed by atoms with E-state index in [0.717, 1.165) is 10.0 Å². The third kappa shape index (κ3) is 7.37. The molecule has 1 atom stereocenters. The third-order valence-electron chi connectivity index (χ3n) is 4.29. The molecule has 0 saturated carbocycles. The Hall–Kier alpha value is -2.05. The second-order valence-electron chi connectivity index (χ2n) is 7.19. The molecule has 29 heavy (non-hydrogen) atoms. The van der Waals surface area contributed by atoms with Gasteiger partial charge in [0, 0.05) is 17.6 Å². The Bertz CT molecular complexity index is 830. The Morgan fingerprint density at radius 3 is 2.45 bits per heavy atom. The maximum absolute atomic E-state index is 13.0. The molecule has 156 valence electrons. The SMILES string of the molecule is CC(C)CNC(=O)C(C)N(Cc1ccccc1)C(=O)COc1ccc(Br)cc1Cl. The highest BCUT2D eigenvalue weighted by Gasteiger charge is 2.26. The Morgan fingerprint density at radius 2 is 1.83 bits per heavy atom. The van der Waals surface area contributed by atoms with E-state index in [1.807, 2.05) is 44.2 Å². The zero-order valence-electron chi connectivity index (χ0n) is 16.8. The molecule has 0 bridgehead atoms. The molecule has 2 aromatic carbocycles. The lowest BCUT2D eigenvalue weighted by molar-refractivity contribution is -0.142. The van der Waals surface area contributed by atoms with Gasteiger partial charge >= 0.3 is 0 Å². The minimum Gasteiger partial charge on any atom is -0.482 e. The number of carbonyl (C=O) groups is 2. The van der Waals surface area contributed by atoms with Crippen LogP contribution in [0.15, 0.2) is 53.0 Å². The molecule has 2 rings (SSSR count). The molecule has 0 radical (unpaired) electrons. The molecule has 0 aliphatic carbocycles. The summed E-state index contributed by atoms with van der Waals surface area (Å²) in [4.78, 5) is 27.1. The summed E-state index contributed by atoms with van der Waals surface area (Å²) in [5.74, 6) is 0.261. The Morgan fingerprint density at radius 1 is 1.14 bits per heavy atom. The monoisotopic (exact) mass is 480 g/mol. The lowest BCUT2D eigenvalue weighted by Crippen LogP contribution is -2.49. The number of halogens is 2. The van der Waals surface area contributed by atoms with Crippen LogP contribution in [0.3, 0.4) is 0 Å². The first-order valence-corrected chi connectivity index (χ1v) is 10.6. The molecule has 0 aliphatic heterocycles. The predicted molar refractivity (Wildman–Crippen MR) is 119 cm³/mol. The zero-order chi connectivity index (χ0) is 21.4. The van der Waals surface area contributed by atoms with Gasteiger partial charge in [-0.1, -0.05) is 71.7 Å². The summed E-state index contributed by atoms with van der Waals surface area (Å²) >= 11 is 9.50. The molecule has 0 spiro atoms. The van der Waals surface area contributed by atoms with Crippen molar-refractivity contribution in [2.75, 3.05) is 13.2 Å². The van der Waals surface area contributed by atoms with Crippen molar-refractivity contribution in [1.82, 2.24) is 10.2 Å². The quantitative estimate of drug-likeness (QED) is 0.566. The van der Waals surface area contributed by atoms with Crippen LogP contribution in [0.25, 0.3) is 0 Å². The van der Waals surface area contributed by atoms with Crippen LogP contribution in [0.2, 0.25) is 5.02 Å². The van der Waals surface area contributed by atoms with Crippen molar-refractivity contribution in [3.05, 3.63) is 63.6 Å². The normalized spacial score (nSPS) is 11.8. The van der Waals surface area contributed by atoms with Crippen molar-refractivity contribution >= 4 is 39.3 Å². The molecular formula is C22H26BrClN2O3. The fraction of sp³-hybridized carbons (Fsp3) is 0.364. The number of rotatable bonds is 9. The number of amides is 2. The van der Waals surface area contributed by atoms with Crippen LogP contribution < -0.4 is 10.1 Å². The highest BCUT2D eigenvalue weighted by Crippen LogP contribution is 2.27. The van der Waals surface area contributed by atoms with E-state index in [1.54, 1.807) is 25.1 Å². The average molecular weight is 482 g/mol. The van der Waals surface area contributed by atoms with Gasteiger partial charge in [0.25, 0.3) is 5.91 Å². The number of hydrogen-bond donors (Lipinski definition) is 1.